The first-order valence-electron chi connectivity index (χ1n) is 11.0. The number of nitrogens with zero attached hydrogens (tertiary/aromatic N) is 1. The first kappa shape index (κ1) is 27.4. The molecule has 0 saturated carbocycles. The molecule has 0 radical (unpaired) electrons. The molecule has 1 aromatic heterocycles. The molecule has 1 aromatic carbocycles. The van der Waals surface area contributed by atoms with Gasteiger partial charge >= 0.3 is 6.36 Å². The predicted octanol–water partition coefficient (Wildman–Crippen LogP) is 4.05. The Balaban J connectivity index is 1.91. The maximum Gasteiger partial charge on any atom is 0.573 e. The van der Waals surface area contributed by atoms with Gasteiger partial charge in [0.05, 0.1) is 28.5 Å². The van der Waals surface area contributed by atoms with Crippen molar-refractivity contribution in [2.45, 2.75) is 51.6 Å². The minimum atomic E-state index is -4.99. The number of nitrogens with one attached hydrogen (secondary N) is 3. The highest BCUT2D eigenvalue weighted by Gasteiger charge is 2.35. The van der Waals surface area contributed by atoms with Crippen molar-refractivity contribution >= 4 is 27.1 Å². The zero-order chi connectivity index (χ0) is 26.9. The highest BCUT2D eigenvalue weighted by Crippen LogP contribution is 2.28. The Hall–Kier alpha value is -3.22. The summed E-state index contributed by atoms with van der Waals surface area (Å²) >= 11 is 0. The fraction of sp³-hybridized carbons (Fsp3) is 0.435. The number of benzene rings is 1. The lowest BCUT2D eigenvalue weighted by molar-refractivity contribution is -0.274. The Morgan fingerprint density at radius 2 is 1.83 bits per heavy atom. The number of carbonyl (C=O) groups is 1. The third-order valence-electron chi connectivity index (χ3n) is 5.62. The molecule has 13 heteroatoms. The lowest BCUT2D eigenvalue weighted by Gasteiger charge is -2.34. The zero-order valence-electron chi connectivity index (χ0n) is 19.8. The van der Waals surface area contributed by atoms with Gasteiger partial charge in [-0.25, -0.2) is 12.8 Å². The Labute approximate surface area is 205 Å². The van der Waals surface area contributed by atoms with E-state index in [0.29, 0.717) is 0 Å². The number of ether oxygens (including phenoxy) is 1. The van der Waals surface area contributed by atoms with Gasteiger partial charge in [-0.05, 0) is 57.9 Å². The van der Waals surface area contributed by atoms with Crippen LogP contribution in [0.1, 0.15) is 55.2 Å². The van der Waals surface area contributed by atoms with Crippen molar-refractivity contribution in [2.24, 2.45) is 0 Å². The van der Waals surface area contributed by atoms with E-state index in [2.05, 4.69) is 20.4 Å². The Bertz CT molecular complexity index is 1270. The molecule has 1 fully saturated rings. The van der Waals surface area contributed by atoms with Crippen LogP contribution >= 0.6 is 0 Å². The van der Waals surface area contributed by atoms with Gasteiger partial charge in [-0.2, -0.15) is 0 Å². The van der Waals surface area contributed by atoms with Crippen LogP contribution in [-0.2, 0) is 9.84 Å². The topological polar surface area (TPSA) is 121 Å². The second kappa shape index (κ2) is 10.0. The lowest BCUT2D eigenvalue weighted by atomic mass is 9.94. The standard InChI is InChI=1S/C23H26F4N4O4S/c1-13(2)30-18-10-14(21(32)31-22(3)6-8-36(33,34)9-7-22)12-29-20(18)19(28)16-11-15(4-5-17(16)24)35-23(25,26)27/h4-5,10-13,28,30H,6-9H2,1-3H3,(H,31,32). The van der Waals surface area contributed by atoms with E-state index in [4.69, 9.17) is 5.41 Å². The van der Waals surface area contributed by atoms with Gasteiger partial charge in [0.25, 0.3) is 5.91 Å². The van der Waals surface area contributed by atoms with Gasteiger partial charge in [-0.1, -0.05) is 0 Å². The van der Waals surface area contributed by atoms with Crippen molar-refractivity contribution in [3.8, 4) is 5.75 Å². The Kier molecular flexibility index (Phi) is 7.63. The maximum atomic E-state index is 14.5. The maximum absolute atomic E-state index is 14.5. The van der Waals surface area contributed by atoms with Crippen LogP contribution in [0, 0.1) is 11.2 Å². The number of rotatable bonds is 7. The summed E-state index contributed by atoms with van der Waals surface area (Å²) in [4.78, 5) is 17.1. The van der Waals surface area contributed by atoms with Crippen LogP contribution in [0.3, 0.4) is 0 Å². The number of anilines is 1. The molecule has 0 bridgehead atoms. The summed E-state index contributed by atoms with van der Waals surface area (Å²) in [6, 6.07) is 3.52. The van der Waals surface area contributed by atoms with Crippen LogP contribution in [-0.4, -0.2) is 54.5 Å². The van der Waals surface area contributed by atoms with E-state index < -0.39 is 50.5 Å². The molecule has 36 heavy (non-hydrogen) atoms. The summed E-state index contributed by atoms with van der Waals surface area (Å²) < 4.78 is 79.6. The fourth-order valence-corrected chi connectivity index (χ4v) is 5.42. The molecule has 3 N–H and O–H groups in total. The third kappa shape index (κ3) is 6.93. The SMILES string of the molecule is CC(C)Nc1cc(C(=O)NC2(C)CCS(=O)(=O)CC2)cnc1C(=N)c1cc(OC(F)(F)F)ccc1F. The molecule has 1 aliphatic rings. The summed E-state index contributed by atoms with van der Waals surface area (Å²) in [5.74, 6) is -2.24. The smallest absolute Gasteiger partial charge is 0.406 e. The number of alkyl halides is 3. The summed E-state index contributed by atoms with van der Waals surface area (Å²) in [5, 5.41) is 14.3. The van der Waals surface area contributed by atoms with E-state index in [1.54, 1.807) is 20.8 Å². The molecular formula is C23H26F4N4O4S. The van der Waals surface area contributed by atoms with E-state index in [1.807, 2.05) is 0 Å². The highest BCUT2D eigenvalue weighted by atomic mass is 32.2. The predicted molar refractivity (Wildman–Crippen MR) is 126 cm³/mol. The molecule has 2 aromatic rings. The normalized spacial score (nSPS) is 16.9. The van der Waals surface area contributed by atoms with Crippen LogP contribution in [0.25, 0.3) is 0 Å². The average molecular weight is 531 g/mol. The molecule has 1 amide bonds. The number of aromatic nitrogens is 1. The number of hydrogen-bond donors (Lipinski definition) is 3. The van der Waals surface area contributed by atoms with E-state index in [1.165, 1.54) is 12.3 Å². The quantitative estimate of drug-likeness (QED) is 0.367. The number of hydrogen-bond acceptors (Lipinski definition) is 7. The largest absolute Gasteiger partial charge is 0.573 e. The van der Waals surface area contributed by atoms with Gasteiger partial charge in [-0.3, -0.25) is 15.2 Å². The molecule has 1 aliphatic heterocycles. The third-order valence-corrected chi connectivity index (χ3v) is 7.27. The van der Waals surface area contributed by atoms with E-state index in [9.17, 15) is 30.8 Å². The van der Waals surface area contributed by atoms with Crippen LogP contribution in [0.2, 0.25) is 0 Å². The number of halogens is 4. The molecule has 3 rings (SSSR count). The van der Waals surface area contributed by atoms with Gasteiger partial charge < -0.3 is 15.4 Å². The second-order valence-corrected chi connectivity index (χ2v) is 11.5. The molecule has 0 unspecified atom stereocenters. The summed E-state index contributed by atoms with van der Waals surface area (Å²) in [7, 11) is -3.13. The number of carbonyl (C=O) groups excluding carboxylic acids is 1. The summed E-state index contributed by atoms with van der Waals surface area (Å²) in [6.45, 7) is 5.31. The van der Waals surface area contributed by atoms with Crippen molar-refractivity contribution in [2.75, 3.05) is 16.8 Å². The monoisotopic (exact) mass is 530 g/mol. The van der Waals surface area contributed by atoms with E-state index in [-0.39, 0.29) is 47.3 Å². The first-order valence-corrected chi connectivity index (χ1v) is 12.8. The van der Waals surface area contributed by atoms with Gasteiger partial charge in [0.15, 0.2) is 0 Å². The molecule has 0 aliphatic carbocycles. The molecule has 0 atom stereocenters. The van der Waals surface area contributed by atoms with E-state index in [0.717, 1.165) is 18.2 Å². The van der Waals surface area contributed by atoms with Gasteiger partial charge in [0.2, 0.25) is 0 Å². The Morgan fingerprint density at radius 3 is 2.42 bits per heavy atom. The summed E-state index contributed by atoms with van der Waals surface area (Å²) in [6.07, 6.45) is -3.32. The highest BCUT2D eigenvalue weighted by molar-refractivity contribution is 7.91. The van der Waals surface area contributed by atoms with E-state index >= 15 is 0 Å². The molecule has 0 spiro atoms. The zero-order valence-corrected chi connectivity index (χ0v) is 20.6. The first-order chi connectivity index (χ1) is 16.6. The number of pyridine rings is 1. The van der Waals surface area contributed by atoms with Crippen LogP contribution in [0.5, 0.6) is 5.75 Å². The Morgan fingerprint density at radius 1 is 1.19 bits per heavy atom. The van der Waals surface area contributed by atoms with Crippen LogP contribution in [0.4, 0.5) is 23.2 Å². The van der Waals surface area contributed by atoms with Crippen LogP contribution < -0.4 is 15.4 Å². The van der Waals surface area contributed by atoms with Crippen molar-refractivity contribution in [1.82, 2.24) is 10.3 Å². The fourth-order valence-electron chi connectivity index (χ4n) is 3.69. The summed E-state index contributed by atoms with van der Waals surface area (Å²) in [5.41, 5.74) is -1.50. The second-order valence-electron chi connectivity index (χ2n) is 9.15. The molecule has 8 nitrogen and oxygen atoms in total. The molecular weight excluding hydrogens is 504 g/mol. The minimum Gasteiger partial charge on any atom is -0.406 e. The number of amides is 1. The number of sulfone groups is 1. The van der Waals surface area contributed by atoms with Crippen molar-refractivity contribution in [3.63, 3.8) is 0 Å². The van der Waals surface area contributed by atoms with Gasteiger partial charge in [-0.15, -0.1) is 13.2 Å². The van der Waals surface area contributed by atoms with Crippen LogP contribution in [0.15, 0.2) is 30.5 Å². The van der Waals surface area contributed by atoms with Gasteiger partial charge in [0.1, 0.15) is 27.1 Å². The van der Waals surface area contributed by atoms with Crippen molar-refractivity contribution in [1.29, 1.82) is 5.41 Å². The lowest BCUT2D eigenvalue weighted by Crippen LogP contribution is -2.51. The molecule has 2 heterocycles. The van der Waals surface area contributed by atoms with Crippen molar-refractivity contribution in [3.05, 3.63) is 53.1 Å². The van der Waals surface area contributed by atoms with Crippen molar-refractivity contribution < 1.29 is 35.5 Å². The minimum absolute atomic E-state index is 0.0407. The van der Waals surface area contributed by atoms with Gasteiger partial charge in [0, 0.05) is 23.3 Å². The average Bonchev–Trinajstić information content (AvgIpc) is 2.75. The molecule has 196 valence electrons. The molecule has 1 saturated heterocycles.